The molecule has 0 saturated carbocycles. The predicted octanol–water partition coefficient (Wildman–Crippen LogP) is 17.0. The van der Waals surface area contributed by atoms with Gasteiger partial charge in [-0.25, -0.2) is 0 Å². The lowest BCUT2D eigenvalue weighted by molar-refractivity contribution is 0.590. The van der Waals surface area contributed by atoms with Gasteiger partial charge in [-0.1, -0.05) is 114 Å². The molecule has 4 nitrogen and oxygen atoms in total. The van der Waals surface area contributed by atoms with Crippen LogP contribution in [0.4, 0.5) is 34.1 Å². The summed E-state index contributed by atoms with van der Waals surface area (Å²) in [5.74, 6) is 0. The highest BCUT2D eigenvalue weighted by Gasteiger charge is 2.44. The molecule has 0 N–H and O–H groups in total. The second-order valence-corrected chi connectivity index (χ2v) is 22.9. The van der Waals surface area contributed by atoms with Gasteiger partial charge in [0.1, 0.15) is 22.3 Å². The van der Waals surface area contributed by atoms with Crippen LogP contribution >= 0.6 is 0 Å². The van der Waals surface area contributed by atoms with Crippen LogP contribution in [0.2, 0.25) is 0 Å². The molecular formula is C67H59BN2O2. The molecule has 2 aliphatic rings. The van der Waals surface area contributed by atoms with Crippen LogP contribution in [0, 0.1) is 34.6 Å². The molecule has 13 rings (SSSR count). The first-order valence-electron chi connectivity index (χ1n) is 25.6. The molecule has 2 aliphatic heterocycles. The summed E-state index contributed by atoms with van der Waals surface area (Å²) in [6.07, 6.45) is 0. The van der Waals surface area contributed by atoms with E-state index in [0.29, 0.717) is 0 Å². The molecule has 2 aromatic heterocycles. The normalized spacial score (nSPS) is 13.4. The van der Waals surface area contributed by atoms with Crippen molar-refractivity contribution in [2.45, 2.75) is 87.0 Å². The number of hydrogen-bond acceptors (Lipinski definition) is 4. The van der Waals surface area contributed by atoms with E-state index in [1.807, 2.05) is 12.1 Å². The summed E-state index contributed by atoms with van der Waals surface area (Å²) in [5.41, 5.74) is 28.4. The topological polar surface area (TPSA) is 32.8 Å². The Morgan fingerprint density at radius 3 is 1.17 bits per heavy atom. The first-order valence-corrected chi connectivity index (χ1v) is 25.6. The van der Waals surface area contributed by atoms with Gasteiger partial charge in [0.25, 0.3) is 6.71 Å². The highest BCUT2D eigenvalue weighted by Crippen LogP contribution is 2.48. The van der Waals surface area contributed by atoms with Gasteiger partial charge in [0.15, 0.2) is 0 Å². The molecule has 0 bridgehead atoms. The fraction of sp³-hybridized carbons (Fsp3) is 0.194. The molecule has 0 saturated heterocycles. The molecule has 4 heterocycles. The monoisotopic (exact) mass is 934 g/mol. The van der Waals surface area contributed by atoms with Gasteiger partial charge in [0, 0.05) is 55.7 Å². The van der Waals surface area contributed by atoms with Crippen LogP contribution < -0.4 is 26.2 Å². The molecule has 352 valence electrons. The molecule has 0 unspecified atom stereocenters. The van der Waals surface area contributed by atoms with E-state index in [4.69, 9.17) is 8.83 Å². The van der Waals surface area contributed by atoms with Crippen molar-refractivity contribution >= 4 is 101 Å². The average molecular weight is 935 g/mol. The average Bonchev–Trinajstić information content (AvgIpc) is 3.90. The summed E-state index contributed by atoms with van der Waals surface area (Å²) < 4.78 is 12.8. The van der Waals surface area contributed by atoms with Gasteiger partial charge in [-0.2, -0.15) is 0 Å². The summed E-state index contributed by atoms with van der Waals surface area (Å²) in [6.45, 7) is 25.4. The summed E-state index contributed by atoms with van der Waals surface area (Å²) >= 11 is 0. The highest BCUT2D eigenvalue weighted by molar-refractivity contribution is 7.00. The molecule has 72 heavy (non-hydrogen) atoms. The summed E-state index contributed by atoms with van der Waals surface area (Å²) in [5, 5.41) is 4.59. The largest absolute Gasteiger partial charge is 0.456 e. The number of anilines is 6. The Balaban J connectivity index is 1.02. The number of fused-ring (bicyclic) bond motifs is 10. The lowest BCUT2D eigenvalue weighted by atomic mass is 9.33. The van der Waals surface area contributed by atoms with Crippen LogP contribution in [0.3, 0.4) is 0 Å². The maximum atomic E-state index is 6.41. The van der Waals surface area contributed by atoms with E-state index in [-0.39, 0.29) is 17.5 Å². The Bertz CT molecular complexity index is 3790. The second-order valence-electron chi connectivity index (χ2n) is 22.9. The third-order valence-corrected chi connectivity index (χ3v) is 15.8. The van der Waals surface area contributed by atoms with Gasteiger partial charge >= 0.3 is 0 Å². The van der Waals surface area contributed by atoms with Crippen molar-refractivity contribution in [1.82, 2.24) is 0 Å². The number of nitrogens with zero attached hydrogens (tertiary/aromatic N) is 2. The van der Waals surface area contributed by atoms with E-state index < -0.39 is 0 Å². The molecule has 0 aliphatic carbocycles. The fourth-order valence-corrected chi connectivity index (χ4v) is 12.4. The zero-order valence-corrected chi connectivity index (χ0v) is 43.3. The van der Waals surface area contributed by atoms with Gasteiger partial charge in [-0.05, 0) is 208 Å². The maximum Gasteiger partial charge on any atom is 0.252 e. The standard InChI is InChI=1S/C67H59BN2O2/c1-38-28-57-65-58(29-38)70(48-32-41(4)64(42(5)33-48)44-21-25-52-50-17-13-15-19-60(50)72-62(52)35-44)56-27-23-46(67(9,10)11)37-54(56)68(65)53-36-45(66(6,7)8)22-26-55(53)69(57)47-30-39(2)63(40(3)31-47)43-20-24-51-49-16-12-14-18-59(49)71-61(51)34-43/h12-37H,1-11H3. The third-order valence-electron chi connectivity index (χ3n) is 15.8. The lowest BCUT2D eigenvalue weighted by Gasteiger charge is -2.45. The first-order chi connectivity index (χ1) is 34.5. The number of furan rings is 2. The van der Waals surface area contributed by atoms with Crippen LogP contribution in [0.5, 0.6) is 0 Å². The van der Waals surface area contributed by atoms with E-state index in [1.165, 1.54) is 100 Å². The number of benzene rings is 9. The molecule has 0 radical (unpaired) electrons. The molecule has 11 aromatic rings. The molecule has 5 heteroatoms. The highest BCUT2D eigenvalue weighted by atomic mass is 16.3. The van der Waals surface area contributed by atoms with Crippen molar-refractivity contribution in [2.24, 2.45) is 0 Å². The lowest BCUT2D eigenvalue weighted by Crippen LogP contribution is -2.61. The van der Waals surface area contributed by atoms with E-state index >= 15 is 0 Å². The molecule has 0 atom stereocenters. The Morgan fingerprint density at radius 2 is 0.764 bits per heavy atom. The van der Waals surface area contributed by atoms with Crippen molar-refractivity contribution in [2.75, 3.05) is 9.80 Å². The Morgan fingerprint density at radius 1 is 0.375 bits per heavy atom. The number of aryl methyl sites for hydroxylation is 5. The van der Waals surface area contributed by atoms with Crippen molar-refractivity contribution in [3.05, 3.63) is 197 Å². The van der Waals surface area contributed by atoms with Crippen LogP contribution in [-0.4, -0.2) is 6.71 Å². The quantitative estimate of drug-likeness (QED) is 0.165. The predicted molar refractivity (Wildman–Crippen MR) is 307 cm³/mol. The maximum absolute atomic E-state index is 6.41. The van der Waals surface area contributed by atoms with Crippen molar-refractivity contribution in [3.8, 4) is 22.3 Å². The second kappa shape index (κ2) is 15.6. The van der Waals surface area contributed by atoms with Crippen LogP contribution in [0.15, 0.2) is 167 Å². The molecule has 0 fully saturated rings. The third kappa shape index (κ3) is 6.73. The molecular weight excluding hydrogens is 876 g/mol. The zero-order valence-electron chi connectivity index (χ0n) is 43.3. The van der Waals surface area contributed by atoms with E-state index in [1.54, 1.807) is 0 Å². The minimum Gasteiger partial charge on any atom is -0.456 e. The smallest absolute Gasteiger partial charge is 0.252 e. The molecule has 9 aromatic carbocycles. The molecule has 0 amide bonds. The summed E-state index contributed by atoms with van der Waals surface area (Å²) in [7, 11) is 0. The Kier molecular flexibility index (Phi) is 9.59. The van der Waals surface area contributed by atoms with Crippen LogP contribution in [0.25, 0.3) is 66.1 Å². The van der Waals surface area contributed by atoms with Crippen LogP contribution in [0.1, 0.15) is 80.5 Å². The van der Waals surface area contributed by atoms with Gasteiger partial charge in [-0.15, -0.1) is 0 Å². The minimum absolute atomic E-state index is 0.00621. The van der Waals surface area contributed by atoms with Gasteiger partial charge < -0.3 is 18.6 Å². The van der Waals surface area contributed by atoms with Crippen molar-refractivity contribution in [1.29, 1.82) is 0 Å². The van der Waals surface area contributed by atoms with E-state index in [0.717, 1.165) is 55.3 Å². The summed E-state index contributed by atoms with van der Waals surface area (Å²) in [6, 6.07) is 59.2. The number of rotatable bonds is 4. The summed E-state index contributed by atoms with van der Waals surface area (Å²) in [4.78, 5) is 5.14. The Labute approximate surface area is 423 Å². The Hall–Kier alpha value is -7.76. The van der Waals surface area contributed by atoms with Gasteiger partial charge in [0.2, 0.25) is 0 Å². The SMILES string of the molecule is Cc1cc2c3c(c1)N(c1cc(C)c(-c4ccc5c(c4)oc4ccccc45)c(C)c1)c1ccc(C(C)(C)C)cc1B3c1cc(C(C)(C)C)ccc1N2c1cc(C)c(-c2ccc3c(c2)oc2ccccc23)c(C)c1. The minimum atomic E-state index is -0.0471. The van der Waals surface area contributed by atoms with Crippen molar-refractivity contribution in [3.63, 3.8) is 0 Å². The van der Waals surface area contributed by atoms with E-state index in [2.05, 4.69) is 232 Å². The number of para-hydroxylation sites is 2. The van der Waals surface area contributed by atoms with Crippen molar-refractivity contribution < 1.29 is 8.83 Å². The van der Waals surface area contributed by atoms with E-state index in [9.17, 15) is 0 Å². The zero-order chi connectivity index (χ0) is 49.7. The van der Waals surface area contributed by atoms with Gasteiger partial charge in [-0.3, -0.25) is 0 Å². The van der Waals surface area contributed by atoms with Gasteiger partial charge in [0.05, 0.1) is 0 Å². The fourth-order valence-electron chi connectivity index (χ4n) is 12.4. The number of hydrogen-bond donors (Lipinski definition) is 0. The molecule has 0 spiro atoms. The van der Waals surface area contributed by atoms with Crippen LogP contribution in [-0.2, 0) is 10.8 Å². The first kappa shape index (κ1) is 44.2.